The van der Waals surface area contributed by atoms with Crippen molar-refractivity contribution in [1.82, 2.24) is 5.32 Å². The van der Waals surface area contributed by atoms with Gasteiger partial charge in [-0.3, -0.25) is 0 Å². The molecule has 0 aliphatic heterocycles. The SMILES string of the molecule is CCCNCC1CCCC1CCc1ccc(OC)cc1. The van der Waals surface area contributed by atoms with Gasteiger partial charge in [-0.05, 0) is 68.3 Å². The monoisotopic (exact) mass is 275 g/mol. The molecule has 2 heteroatoms. The van der Waals surface area contributed by atoms with Gasteiger partial charge in [0.2, 0.25) is 0 Å². The summed E-state index contributed by atoms with van der Waals surface area (Å²) in [7, 11) is 1.72. The second-order valence-corrected chi connectivity index (χ2v) is 6.04. The Labute approximate surface area is 123 Å². The Bertz CT molecular complexity index is 374. The molecule has 112 valence electrons. The number of ether oxygens (including phenoxy) is 1. The first kappa shape index (κ1) is 15.4. The highest BCUT2D eigenvalue weighted by molar-refractivity contribution is 5.27. The maximum absolute atomic E-state index is 5.21. The van der Waals surface area contributed by atoms with Crippen molar-refractivity contribution in [3.63, 3.8) is 0 Å². The van der Waals surface area contributed by atoms with Crippen LogP contribution in [-0.4, -0.2) is 20.2 Å². The van der Waals surface area contributed by atoms with E-state index in [1.54, 1.807) is 7.11 Å². The van der Waals surface area contributed by atoms with Gasteiger partial charge in [-0.1, -0.05) is 31.9 Å². The van der Waals surface area contributed by atoms with Crippen LogP contribution in [0.1, 0.15) is 44.6 Å². The highest BCUT2D eigenvalue weighted by Gasteiger charge is 2.26. The van der Waals surface area contributed by atoms with Gasteiger partial charge in [-0.25, -0.2) is 0 Å². The standard InChI is InChI=1S/C18H29NO/c1-3-13-19-14-17-6-4-5-16(17)10-7-15-8-11-18(20-2)12-9-15/h8-9,11-12,16-17,19H,3-7,10,13-14H2,1-2H3. The Kier molecular flexibility index (Phi) is 6.38. The van der Waals surface area contributed by atoms with E-state index >= 15 is 0 Å². The van der Waals surface area contributed by atoms with Gasteiger partial charge < -0.3 is 10.1 Å². The van der Waals surface area contributed by atoms with Crippen molar-refractivity contribution in [2.24, 2.45) is 11.8 Å². The summed E-state index contributed by atoms with van der Waals surface area (Å²) >= 11 is 0. The normalized spacial score (nSPS) is 22.1. The van der Waals surface area contributed by atoms with Crippen LogP contribution in [0.3, 0.4) is 0 Å². The summed E-state index contributed by atoms with van der Waals surface area (Å²) < 4.78 is 5.21. The molecule has 1 fully saturated rings. The number of hydrogen-bond donors (Lipinski definition) is 1. The van der Waals surface area contributed by atoms with Crippen molar-refractivity contribution >= 4 is 0 Å². The van der Waals surface area contributed by atoms with Gasteiger partial charge in [0.15, 0.2) is 0 Å². The summed E-state index contributed by atoms with van der Waals surface area (Å²) in [6.07, 6.45) is 8.05. The van der Waals surface area contributed by atoms with Crippen molar-refractivity contribution in [2.45, 2.75) is 45.4 Å². The first-order valence-electron chi connectivity index (χ1n) is 8.17. The highest BCUT2D eigenvalue weighted by atomic mass is 16.5. The third kappa shape index (κ3) is 4.52. The summed E-state index contributed by atoms with van der Waals surface area (Å²) in [6, 6.07) is 8.56. The van der Waals surface area contributed by atoms with Gasteiger partial charge in [-0.15, -0.1) is 0 Å². The van der Waals surface area contributed by atoms with Crippen molar-refractivity contribution in [1.29, 1.82) is 0 Å². The molecule has 0 heterocycles. The van der Waals surface area contributed by atoms with E-state index in [9.17, 15) is 0 Å². The molecule has 2 unspecified atom stereocenters. The van der Waals surface area contributed by atoms with Crippen LogP contribution in [0, 0.1) is 11.8 Å². The average molecular weight is 275 g/mol. The van der Waals surface area contributed by atoms with E-state index < -0.39 is 0 Å². The predicted octanol–water partition coefficient (Wildman–Crippen LogP) is 4.04. The molecule has 2 nitrogen and oxygen atoms in total. The average Bonchev–Trinajstić information content (AvgIpc) is 2.93. The number of methoxy groups -OCH3 is 1. The third-order valence-corrected chi connectivity index (χ3v) is 4.61. The summed E-state index contributed by atoms with van der Waals surface area (Å²) in [5.74, 6) is 2.78. The van der Waals surface area contributed by atoms with Crippen LogP contribution < -0.4 is 10.1 Å². The van der Waals surface area contributed by atoms with Crippen LogP contribution in [0.25, 0.3) is 0 Å². The predicted molar refractivity (Wildman–Crippen MR) is 85.3 cm³/mol. The van der Waals surface area contributed by atoms with Crippen LogP contribution in [0.5, 0.6) is 5.75 Å². The summed E-state index contributed by atoms with van der Waals surface area (Å²) in [4.78, 5) is 0. The van der Waals surface area contributed by atoms with Crippen LogP contribution in [0.4, 0.5) is 0 Å². The molecule has 1 aromatic rings. The lowest BCUT2D eigenvalue weighted by molar-refractivity contribution is 0.348. The molecule has 2 atom stereocenters. The Morgan fingerprint density at radius 2 is 1.90 bits per heavy atom. The molecule has 0 bridgehead atoms. The molecular weight excluding hydrogens is 246 g/mol. The maximum atomic E-state index is 5.21. The zero-order chi connectivity index (χ0) is 14.2. The molecule has 0 amide bonds. The molecular formula is C18H29NO. The van der Waals surface area contributed by atoms with Gasteiger partial charge in [0.05, 0.1) is 7.11 Å². The van der Waals surface area contributed by atoms with Crippen LogP contribution in [0.2, 0.25) is 0 Å². The van der Waals surface area contributed by atoms with E-state index in [0.717, 1.165) is 17.6 Å². The third-order valence-electron chi connectivity index (χ3n) is 4.61. The van der Waals surface area contributed by atoms with Crippen molar-refractivity contribution in [3.05, 3.63) is 29.8 Å². The largest absolute Gasteiger partial charge is 0.497 e. The van der Waals surface area contributed by atoms with Crippen LogP contribution in [-0.2, 0) is 6.42 Å². The Morgan fingerprint density at radius 3 is 2.60 bits per heavy atom. The van der Waals surface area contributed by atoms with Crippen LogP contribution >= 0.6 is 0 Å². The number of aryl methyl sites for hydroxylation is 1. The molecule has 1 aliphatic rings. The van der Waals surface area contributed by atoms with Gasteiger partial charge in [0.1, 0.15) is 5.75 Å². The van der Waals surface area contributed by atoms with E-state index in [4.69, 9.17) is 4.74 Å². The molecule has 1 aliphatic carbocycles. The van der Waals surface area contributed by atoms with Crippen molar-refractivity contribution in [2.75, 3.05) is 20.2 Å². The molecule has 1 N–H and O–H groups in total. The molecule has 0 radical (unpaired) electrons. The first-order chi connectivity index (χ1) is 9.83. The lowest BCUT2D eigenvalue weighted by Gasteiger charge is -2.20. The van der Waals surface area contributed by atoms with Crippen molar-refractivity contribution in [3.8, 4) is 5.75 Å². The lowest BCUT2D eigenvalue weighted by Crippen LogP contribution is -2.26. The van der Waals surface area contributed by atoms with Gasteiger partial charge in [0, 0.05) is 0 Å². The minimum Gasteiger partial charge on any atom is -0.497 e. The van der Waals surface area contributed by atoms with E-state index in [0.29, 0.717) is 0 Å². The van der Waals surface area contributed by atoms with Gasteiger partial charge in [-0.2, -0.15) is 0 Å². The fourth-order valence-corrected chi connectivity index (χ4v) is 3.37. The second-order valence-electron chi connectivity index (χ2n) is 6.04. The maximum Gasteiger partial charge on any atom is 0.118 e. The Morgan fingerprint density at radius 1 is 1.15 bits per heavy atom. The topological polar surface area (TPSA) is 21.3 Å². The fourth-order valence-electron chi connectivity index (χ4n) is 3.37. The van der Waals surface area contributed by atoms with Crippen molar-refractivity contribution < 1.29 is 4.74 Å². The first-order valence-corrected chi connectivity index (χ1v) is 8.17. The van der Waals surface area contributed by atoms with E-state index in [1.165, 1.54) is 57.2 Å². The zero-order valence-corrected chi connectivity index (χ0v) is 13.0. The lowest BCUT2D eigenvalue weighted by atomic mass is 9.90. The number of nitrogens with one attached hydrogen (secondary N) is 1. The minimum absolute atomic E-state index is 0.903. The molecule has 20 heavy (non-hydrogen) atoms. The summed E-state index contributed by atoms with van der Waals surface area (Å²) in [5, 5.41) is 3.60. The van der Waals surface area contributed by atoms with E-state index in [2.05, 4.69) is 36.5 Å². The zero-order valence-electron chi connectivity index (χ0n) is 13.0. The molecule has 0 spiro atoms. The molecule has 1 saturated carbocycles. The number of benzene rings is 1. The number of rotatable bonds is 8. The molecule has 1 aromatic carbocycles. The smallest absolute Gasteiger partial charge is 0.118 e. The van der Waals surface area contributed by atoms with E-state index in [-0.39, 0.29) is 0 Å². The second kappa shape index (κ2) is 8.31. The Hall–Kier alpha value is -1.02. The minimum atomic E-state index is 0.903. The molecule has 0 saturated heterocycles. The highest BCUT2D eigenvalue weighted by Crippen LogP contribution is 2.34. The number of hydrogen-bond acceptors (Lipinski definition) is 2. The molecule has 2 rings (SSSR count). The van der Waals surface area contributed by atoms with Crippen LogP contribution in [0.15, 0.2) is 24.3 Å². The molecule has 0 aromatic heterocycles. The van der Waals surface area contributed by atoms with Gasteiger partial charge in [0.25, 0.3) is 0 Å². The quantitative estimate of drug-likeness (QED) is 0.723. The summed E-state index contributed by atoms with van der Waals surface area (Å²) in [5.41, 5.74) is 1.44. The fraction of sp³-hybridized carbons (Fsp3) is 0.667. The summed E-state index contributed by atoms with van der Waals surface area (Å²) in [6.45, 7) is 4.63. The van der Waals surface area contributed by atoms with Gasteiger partial charge >= 0.3 is 0 Å². The Balaban J connectivity index is 1.76. The van der Waals surface area contributed by atoms with E-state index in [1.807, 2.05) is 0 Å².